The molecule has 114 valence electrons. The van der Waals surface area contributed by atoms with Crippen LogP contribution in [0.2, 0.25) is 0 Å². The van der Waals surface area contributed by atoms with Crippen LogP contribution in [0.4, 0.5) is 0 Å². The Bertz CT molecular complexity index is 530. The normalized spacial score (nSPS) is 32.4. The molecule has 4 rings (SSSR count). The monoisotopic (exact) mass is 291 g/mol. The van der Waals surface area contributed by atoms with E-state index >= 15 is 0 Å². The summed E-state index contributed by atoms with van der Waals surface area (Å²) in [6.07, 6.45) is 5.60. The van der Waals surface area contributed by atoms with E-state index in [1.807, 2.05) is 4.90 Å². The van der Waals surface area contributed by atoms with Crippen molar-refractivity contribution >= 4 is 5.91 Å². The van der Waals surface area contributed by atoms with Crippen LogP contribution in [0.25, 0.3) is 0 Å². The van der Waals surface area contributed by atoms with E-state index in [9.17, 15) is 4.79 Å². The SMILES string of the molecule is O=C([C@H]1CC[C@H]2OCCN[C@@H]2C1)N1CCc2nocc2C1. The van der Waals surface area contributed by atoms with Crippen LogP contribution in [0.1, 0.15) is 30.5 Å². The largest absolute Gasteiger partial charge is 0.375 e. The van der Waals surface area contributed by atoms with Gasteiger partial charge in [-0.2, -0.15) is 0 Å². The third-order valence-electron chi connectivity index (χ3n) is 5.00. The smallest absolute Gasteiger partial charge is 0.226 e. The first kappa shape index (κ1) is 13.3. The molecule has 21 heavy (non-hydrogen) atoms. The Hall–Kier alpha value is -1.40. The number of amides is 1. The van der Waals surface area contributed by atoms with E-state index < -0.39 is 0 Å². The van der Waals surface area contributed by atoms with E-state index in [-0.39, 0.29) is 11.8 Å². The molecule has 1 saturated heterocycles. The number of aromatic nitrogens is 1. The molecule has 0 unspecified atom stereocenters. The third-order valence-corrected chi connectivity index (χ3v) is 5.00. The molecular weight excluding hydrogens is 270 g/mol. The van der Waals surface area contributed by atoms with Gasteiger partial charge < -0.3 is 19.5 Å². The minimum Gasteiger partial charge on any atom is -0.375 e. The number of morpholine rings is 1. The molecule has 3 aliphatic rings. The maximum absolute atomic E-state index is 12.8. The van der Waals surface area contributed by atoms with Crippen LogP contribution in [-0.4, -0.2) is 47.8 Å². The van der Waals surface area contributed by atoms with E-state index in [1.54, 1.807) is 6.26 Å². The highest BCUT2D eigenvalue weighted by atomic mass is 16.5. The van der Waals surface area contributed by atoms with Gasteiger partial charge in [-0.3, -0.25) is 4.79 Å². The lowest BCUT2D eigenvalue weighted by Crippen LogP contribution is -2.53. The van der Waals surface area contributed by atoms with Gasteiger partial charge in [0.2, 0.25) is 5.91 Å². The zero-order chi connectivity index (χ0) is 14.2. The number of nitrogens with zero attached hydrogens (tertiary/aromatic N) is 2. The highest BCUT2D eigenvalue weighted by Gasteiger charge is 2.38. The van der Waals surface area contributed by atoms with Crippen LogP contribution < -0.4 is 5.32 Å². The third kappa shape index (κ3) is 2.46. The van der Waals surface area contributed by atoms with Gasteiger partial charge in [-0.1, -0.05) is 5.16 Å². The standard InChI is InChI=1S/C15H21N3O3/c19-15(18-5-3-12-11(8-18)9-21-17-12)10-1-2-14-13(7-10)16-4-6-20-14/h9-10,13-14,16H,1-8H2/t10-,13+,14+/m0/s1. The molecule has 1 amide bonds. The van der Waals surface area contributed by atoms with Gasteiger partial charge in [-0.25, -0.2) is 0 Å². The molecule has 1 aromatic heterocycles. The fourth-order valence-corrected chi connectivity index (χ4v) is 3.82. The Labute approximate surface area is 123 Å². The number of ether oxygens (including phenoxy) is 1. The second-order valence-electron chi connectivity index (χ2n) is 6.28. The molecule has 1 aliphatic carbocycles. The number of carbonyl (C=O) groups is 1. The van der Waals surface area contributed by atoms with E-state index in [0.29, 0.717) is 18.7 Å². The van der Waals surface area contributed by atoms with Gasteiger partial charge in [0.15, 0.2) is 0 Å². The maximum atomic E-state index is 12.8. The minimum absolute atomic E-state index is 0.127. The Morgan fingerprint density at radius 3 is 3.33 bits per heavy atom. The van der Waals surface area contributed by atoms with E-state index in [0.717, 1.165) is 56.6 Å². The molecule has 6 heteroatoms. The molecule has 6 nitrogen and oxygen atoms in total. The van der Waals surface area contributed by atoms with Crippen LogP contribution in [0, 0.1) is 5.92 Å². The number of hydrogen-bond donors (Lipinski definition) is 1. The molecule has 1 aromatic rings. The van der Waals surface area contributed by atoms with Crippen molar-refractivity contribution < 1.29 is 14.1 Å². The van der Waals surface area contributed by atoms with Crippen molar-refractivity contribution in [2.24, 2.45) is 5.92 Å². The number of carbonyl (C=O) groups excluding carboxylic acids is 1. The highest BCUT2D eigenvalue weighted by molar-refractivity contribution is 5.79. The number of fused-ring (bicyclic) bond motifs is 2. The zero-order valence-corrected chi connectivity index (χ0v) is 12.1. The summed E-state index contributed by atoms with van der Waals surface area (Å²) in [7, 11) is 0. The molecule has 2 aliphatic heterocycles. The Kier molecular flexibility index (Phi) is 3.43. The summed E-state index contributed by atoms with van der Waals surface area (Å²) in [6, 6.07) is 0.345. The minimum atomic E-state index is 0.127. The van der Waals surface area contributed by atoms with E-state index in [1.165, 1.54) is 0 Å². The quantitative estimate of drug-likeness (QED) is 0.825. The fraction of sp³-hybridized carbons (Fsp3) is 0.733. The predicted molar refractivity (Wildman–Crippen MR) is 74.5 cm³/mol. The average molecular weight is 291 g/mol. The van der Waals surface area contributed by atoms with Crippen LogP contribution in [-0.2, 0) is 22.5 Å². The summed E-state index contributed by atoms with van der Waals surface area (Å²) in [6.45, 7) is 3.09. The van der Waals surface area contributed by atoms with Gasteiger partial charge in [0.1, 0.15) is 6.26 Å². The maximum Gasteiger partial charge on any atom is 0.226 e. The van der Waals surface area contributed by atoms with Crippen LogP contribution in [0.15, 0.2) is 10.8 Å². The first-order chi connectivity index (χ1) is 10.3. The molecule has 3 atom stereocenters. The molecule has 1 N–H and O–H groups in total. The first-order valence-electron chi connectivity index (χ1n) is 7.87. The molecule has 0 spiro atoms. The van der Waals surface area contributed by atoms with Gasteiger partial charge in [0.05, 0.1) is 24.9 Å². The average Bonchev–Trinajstić information content (AvgIpc) is 3.01. The molecule has 1 saturated carbocycles. The van der Waals surface area contributed by atoms with Crippen molar-refractivity contribution in [3.8, 4) is 0 Å². The molecule has 0 bridgehead atoms. The predicted octanol–water partition coefficient (Wildman–Crippen LogP) is 0.716. The second kappa shape index (κ2) is 5.42. The lowest BCUT2D eigenvalue weighted by atomic mass is 9.82. The van der Waals surface area contributed by atoms with Gasteiger partial charge in [0.25, 0.3) is 0 Å². The Balaban J connectivity index is 1.41. The molecule has 2 fully saturated rings. The van der Waals surface area contributed by atoms with Gasteiger partial charge in [0, 0.05) is 37.0 Å². The van der Waals surface area contributed by atoms with E-state index in [4.69, 9.17) is 9.26 Å². The summed E-state index contributed by atoms with van der Waals surface area (Å²) < 4.78 is 10.8. The summed E-state index contributed by atoms with van der Waals surface area (Å²) in [5.74, 6) is 0.412. The molecule has 0 aromatic carbocycles. The van der Waals surface area contributed by atoms with Gasteiger partial charge in [-0.15, -0.1) is 0 Å². The van der Waals surface area contributed by atoms with Crippen molar-refractivity contribution in [1.29, 1.82) is 0 Å². The molecule has 3 heterocycles. The summed E-state index contributed by atoms with van der Waals surface area (Å²) >= 11 is 0. The molecular formula is C15H21N3O3. The highest BCUT2D eigenvalue weighted by Crippen LogP contribution is 2.30. The van der Waals surface area contributed by atoms with Crippen molar-refractivity contribution in [1.82, 2.24) is 15.4 Å². The van der Waals surface area contributed by atoms with Crippen molar-refractivity contribution in [3.63, 3.8) is 0 Å². The van der Waals surface area contributed by atoms with Crippen molar-refractivity contribution in [2.45, 2.75) is 44.4 Å². The molecule has 0 radical (unpaired) electrons. The second-order valence-corrected chi connectivity index (χ2v) is 6.28. The fourth-order valence-electron chi connectivity index (χ4n) is 3.82. The number of nitrogens with one attached hydrogen (secondary N) is 1. The van der Waals surface area contributed by atoms with Crippen molar-refractivity contribution in [3.05, 3.63) is 17.5 Å². The summed E-state index contributed by atoms with van der Waals surface area (Å²) in [5.41, 5.74) is 2.06. The van der Waals surface area contributed by atoms with Crippen molar-refractivity contribution in [2.75, 3.05) is 19.7 Å². The number of rotatable bonds is 1. The van der Waals surface area contributed by atoms with Gasteiger partial charge >= 0.3 is 0 Å². The Morgan fingerprint density at radius 2 is 2.38 bits per heavy atom. The van der Waals surface area contributed by atoms with Crippen LogP contribution >= 0.6 is 0 Å². The van der Waals surface area contributed by atoms with Gasteiger partial charge in [-0.05, 0) is 19.3 Å². The number of hydrogen-bond acceptors (Lipinski definition) is 5. The lowest BCUT2D eigenvalue weighted by molar-refractivity contribution is -0.140. The first-order valence-corrected chi connectivity index (χ1v) is 7.87. The van der Waals surface area contributed by atoms with Crippen LogP contribution in [0.5, 0.6) is 0 Å². The lowest BCUT2D eigenvalue weighted by Gasteiger charge is -2.40. The van der Waals surface area contributed by atoms with E-state index in [2.05, 4.69) is 10.5 Å². The van der Waals surface area contributed by atoms with Crippen LogP contribution in [0.3, 0.4) is 0 Å². The zero-order valence-electron chi connectivity index (χ0n) is 12.1. The summed E-state index contributed by atoms with van der Waals surface area (Å²) in [4.78, 5) is 14.7. The summed E-state index contributed by atoms with van der Waals surface area (Å²) in [5, 5.41) is 7.48. The Morgan fingerprint density at radius 1 is 1.43 bits per heavy atom. The topological polar surface area (TPSA) is 67.6 Å².